The average Bonchev–Trinajstić information content (AvgIpc) is 2.85. The predicted octanol–water partition coefficient (Wildman–Crippen LogP) is 4.40. The van der Waals surface area contributed by atoms with Crippen molar-refractivity contribution in [3.8, 4) is 0 Å². The predicted molar refractivity (Wildman–Crippen MR) is 91.8 cm³/mol. The second kappa shape index (κ2) is 7.07. The van der Waals surface area contributed by atoms with E-state index in [1.165, 1.54) is 6.07 Å². The Kier molecular flexibility index (Phi) is 5.37. The molecule has 0 saturated carbocycles. The van der Waals surface area contributed by atoms with Crippen LogP contribution in [0.5, 0.6) is 0 Å². The summed E-state index contributed by atoms with van der Waals surface area (Å²) in [4.78, 5) is 24.3. The fourth-order valence-electron chi connectivity index (χ4n) is 2.15. The van der Waals surface area contributed by atoms with Crippen molar-refractivity contribution in [3.05, 3.63) is 49.6 Å². The summed E-state index contributed by atoms with van der Waals surface area (Å²) in [6, 6.07) is 5.29. The molecule has 2 rings (SSSR count). The highest BCUT2D eigenvalue weighted by Crippen LogP contribution is 2.23. The average molecular weight is 382 g/mol. The number of thiophene rings is 1. The maximum atomic E-state index is 12.0. The van der Waals surface area contributed by atoms with Gasteiger partial charge in [0.25, 0.3) is 0 Å². The Morgan fingerprint density at radius 3 is 2.55 bits per heavy atom. The number of nitrogens with one attached hydrogen (secondary N) is 1. The number of benzene rings is 1. The van der Waals surface area contributed by atoms with Crippen LogP contribution in [0, 0.1) is 13.8 Å². The number of rotatable bonds is 5. The molecule has 0 bridgehead atoms. The van der Waals surface area contributed by atoms with Crippen LogP contribution in [0.15, 0.2) is 28.1 Å². The molecule has 6 heteroatoms. The summed E-state index contributed by atoms with van der Waals surface area (Å²) in [6.45, 7) is 3.60. The summed E-state index contributed by atoms with van der Waals surface area (Å²) in [7, 11) is 0. The molecule has 0 atom stereocenters. The molecule has 0 aliphatic heterocycles. The zero-order valence-corrected chi connectivity index (χ0v) is 14.7. The van der Waals surface area contributed by atoms with Gasteiger partial charge in [0.05, 0.1) is 5.56 Å². The number of carbonyl (C=O) groups excluding carboxylic acids is 1. The molecule has 1 amide bonds. The smallest absolute Gasteiger partial charge is 0.336 e. The van der Waals surface area contributed by atoms with E-state index in [-0.39, 0.29) is 11.5 Å². The summed E-state index contributed by atoms with van der Waals surface area (Å²) >= 11 is 4.99. The largest absolute Gasteiger partial charge is 0.478 e. The number of hydrogen-bond donors (Lipinski definition) is 2. The third-order valence-electron chi connectivity index (χ3n) is 3.30. The Balaban J connectivity index is 2.04. The molecule has 0 aliphatic carbocycles. The van der Waals surface area contributed by atoms with Crippen LogP contribution in [-0.4, -0.2) is 17.0 Å². The van der Waals surface area contributed by atoms with Crippen LogP contribution in [0.1, 0.15) is 32.8 Å². The number of aromatic carboxylic acids is 1. The molecule has 0 aliphatic rings. The third kappa shape index (κ3) is 4.18. The fourth-order valence-corrected chi connectivity index (χ4v) is 3.61. The number of carboxylic acids is 1. The molecule has 1 heterocycles. The highest BCUT2D eigenvalue weighted by Gasteiger charge is 2.12. The highest BCUT2D eigenvalue weighted by atomic mass is 79.9. The van der Waals surface area contributed by atoms with Crippen LogP contribution in [0.2, 0.25) is 0 Å². The number of hydrogen-bond acceptors (Lipinski definition) is 3. The Hall–Kier alpha value is -1.66. The van der Waals surface area contributed by atoms with Gasteiger partial charge in [-0.05, 0) is 59.5 Å². The lowest BCUT2D eigenvalue weighted by atomic mass is 10.0. The van der Waals surface area contributed by atoms with Crippen molar-refractivity contribution in [3.63, 3.8) is 0 Å². The van der Waals surface area contributed by atoms with Crippen LogP contribution in [0.25, 0.3) is 0 Å². The van der Waals surface area contributed by atoms with Gasteiger partial charge in [0, 0.05) is 26.8 Å². The number of amides is 1. The SMILES string of the molecule is Cc1cc(C)c(C(=O)O)cc1NC(=O)CCc1cc(Br)cs1. The zero-order valence-electron chi connectivity index (χ0n) is 12.3. The van der Waals surface area contributed by atoms with Gasteiger partial charge in [0.1, 0.15) is 0 Å². The maximum Gasteiger partial charge on any atom is 0.336 e. The van der Waals surface area contributed by atoms with E-state index in [0.717, 1.165) is 14.9 Å². The Morgan fingerprint density at radius 1 is 1.23 bits per heavy atom. The summed E-state index contributed by atoms with van der Waals surface area (Å²) in [5.74, 6) is -1.11. The van der Waals surface area contributed by atoms with Gasteiger partial charge < -0.3 is 10.4 Å². The quantitative estimate of drug-likeness (QED) is 0.806. The summed E-state index contributed by atoms with van der Waals surface area (Å²) in [5, 5.41) is 13.9. The second-order valence-corrected chi connectivity index (χ2v) is 6.98. The van der Waals surface area contributed by atoms with Crippen molar-refractivity contribution >= 4 is 44.8 Å². The van der Waals surface area contributed by atoms with Crippen LogP contribution in [0.3, 0.4) is 0 Å². The van der Waals surface area contributed by atoms with Crippen molar-refractivity contribution in [2.45, 2.75) is 26.7 Å². The van der Waals surface area contributed by atoms with Crippen molar-refractivity contribution < 1.29 is 14.7 Å². The van der Waals surface area contributed by atoms with Gasteiger partial charge in [-0.25, -0.2) is 4.79 Å². The Morgan fingerprint density at radius 2 is 1.95 bits per heavy atom. The first-order valence-corrected chi connectivity index (χ1v) is 8.41. The van der Waals surface area contributed by atoms with Gasteiger partial charge in [-0.15, -0.1) is 11.3 Å². The monoisotopic (exact) mass is 381 g/mol. The topological polar surface area (TPSA) is 66.4 Å². The minimum atomic E-state index is -0.989. The molecule has 4 nitrogen and oxygen atoms in total. The van der Waals surface area contributed by atoms with Gasteiger partial charge in [-0.3, -0.25) is 4.79 Å². The van der Waals surface area contributed by atoms with E-state index in [0.29, 0.717) is 24.1 Å². The van der Waals surface area contributed by atoms with Crippen molar-refractivity contribution in [2.75, 3.05) is 5.32 Å². The highest BCUT2D eigenvalue weighted by molar-refractivity contribution is 9.10. The van der Waals surface area contributed by atoms with Gasteiger partial charge in [-0.2, -0.15) is 0 Å². The van der Waals surface area contributed by atoms with Crippen molar-refractivity contribution in [2.24, 2.45) is 0 Å². The normalized spacial score (nSPS) is 10.5. The first-order chi connectivity index (χ1) is 10.4. The lowest BCUT2D eigenvalue weighted by Crippen LogP contribution is -2.14. The van der Waals surface area contributed by atoms with Gasteiger partial charge in [-0.1, -0.05) is 6.07 Å². The number of carbonyl (C=O) groups is 2. The van der Waals surface area contributed by atoms with E-state index in [2.05, 4.69) is 21.2 Å². The Labute approximate surface area is 141 Å². The van der Waals surface area contributed by atoms with E-state index in [9.17, 15) is 9.59 Å². The van der Waals surface area contributed by atoms with E-state index in [4.69, 9.17) is 5.11 Å². The molecule has 116 valence electrons. The van der Waals surface area contributed by atoms with E-state index >= 15 is 0 Å². The van der Waals surface area contributed by atoms with Gasteiger partial charge >= 0.3 is 5.97 Å². The molecule has 0 fully saturated rings. The van der Waals surface area contributed by atoms with Crippen LogP contribution in [0.4, 0.5) is 5.69 Å². The number of carboxylic acid groups (broad SMARTS) is 1. The van der Waals surface area contributed by atoms with Crippen molar-refractivity contribution in [1.29, 1.82) is 0 Å². The number of aryl methyl sites for hydroxylation is 3. The van der Waals surface area contributed by atoms with E-state index in [1.807, 2.05) is 18.4 Å². The molecule has 0 unspecified atom stereocenters. The maximum absolute atomic E-state index is 12.0. The molecule has 0 saturated heterocycles. The number of anilines is 1. The van der Waals surface area contributed by atoms with Crippen LogP contribution in [-0.2, 0) is 11.2 Å². The molecule has 0 radical (unpaired) electrons. The van der Waals surface area contributed by atoms with E-state index < -0.39 is 5.97 Å². The van der Waals surface area contributed by atoms with Crippen molar-refractivity contribution in [1.82, 2.24) is 0 Å². The zero-order chi connectivity index (χ0) is 16.3. The standard InChI is InChI=1S/C16H16BrNO3S/c1-9-5-10(2)14(7-13(9)16(20)21)18-15(19)4-3-12-6-11(17)8-22-12/h5-8H,3-4H2,1-2H3,(H,18,19)(H,20,21). The summed E-state index contributed by atoms with van der Waals surface area (Å²) in [6.07, 6.45) is 1.03. The minimum Gasteiger partial charge on any atom is -0.478 e. The lowest BCUT2D eigenvalue weighted by Gasteiger charge is -2.11. The van der Waals surface area contributed by atoms with Gasteiger partial charge in [0.15, 0.2) is 0 Å². The molecule has 1 aromatic carbocycles. The van der Waals surface area contributed by atoms with Gasteiger partial charge in [0.2, 0.25) is 5.91 Å². The first kappa shape index (κ1) is 16.7. The first-order valence-electron chi connectivity index (χ1n) is 6.74. The molecule has 0 spiro atoms. The van der Waals surface area contributed by atoms with Crippen LogP contribution >= 0.6 is 27.3 Å². The molecule has 2 aromatic rings. The van der Waals surface area contributed by atoms with Crippen LogP contribution < -0.4 is 5.32 Å². The summed E-state index contributed by atoms with van der Waals surface area (Å²) < 4.78 is 1.02. The third-order valence-corrected chi connectivity index (χ3v) is 5.05. The molecule has 2 N–H and O–H groups in total. The Bertz CT molecular complexity index is 724. The fraction of sp³-hybridized carbons (Fsp3) is 0.250. The molecular formula is C16H16BrNO3S. The molecule has 22 heavy (non-hydrogen) atoms. The lowest BCUT2D eigenvalue weighted by molar-refractivity contribution is -0.116. The van der Waals surface area contributed by atoms with E-state index in [1.54, 1.807) is 24.3 Å². The second-order valence-electron chi connectivity index (χ2n) is 5.07. The minimum absolute atomic E-state index is 0.118. The molecular weight excluding hydrogens is 366 g/mol. The molecule has 1 aromatic heterocycles. The summed E-state index contributed by atoms with van der Waals surface area (Å²) in [5.41, 5.74) is 2.31. The number of halogens is 1.